The van der Waals surface area contributed by atoms with Crippen LogP contribution in [-0.4, -0.2) is 23.8 Å². The SMILES string of the molecule is COc1ccc([N+](=O)[O-])cc1COC(=O)CSc1ccccc1Cl. The van der Waals surface area contributed by atoms with Crippen molar-refractivity contribution in [3.63, 3.8) is 0 Å². The molecule has 0 N–H and O–H groups in total. The molecule has 0 aliphatic rings. The highest BCUT2D eigenvalue weighted by Gasteiger charge is 2.13. The quantitative estimate of drug-likeness (QED) is 0.317. The van der Waals surface area contributed by atoms with Crippen molar-refractivity contribution in [2.45, 2.75) is 11.5 Å². The summed E-state index contributed by atoms with van der Waals surface area (Å²) < 4.78 is 10.3. The monoisotopic (exact) mass is 367 g/mol. The van der Waals surface area contributed by atoms with E-state index in [1.54, 1.807) is 12.1 Å². The zero-order valence-corrected chi connectivity index (χ0v) is 14.3. The number of benzene rings is 2. The average molecular weight is 368 g/mol. The lowest BCUT2D eigenvalue weighted by molar-refractivity contribution is -0.385. The zero-order valence-electron chi connectivity index (χ0n) is 12.7. The maximum atomic E-state index is 11.9. The van der Waals surface area contributed by atoms with E-state index < -0.39 is 10.9 Å². The summed E-state index contributed by atoms with van der Waals surface area (Å²) >= 11 is 7.28. The summed E-state index contributed by atoms with van der Waals surface area (Å²) in [5.74, 6) is 0.0571. The van der Waals surface area contributed by atoms with Crippen LogP contribution < -0.4 is 4.74 Å². The van der Waals surface area contributed by atoms with Crippen LogP contribution in [0.2, 0.25) is 5.02 Å². The lowest BCUT2D eigenvalue weighted by Gasteiger charge is -2.09. The number of hydrogen-bond donors (Lipinski definition) is 0. The molecule has 2 rings (SSSR count). The summed E-state index contributed by atoms with van der Waals surface area (Å²) in [4.78, 5) is 22.9. The molecular formula is C16H14ClNO5S. The molecule has 0 fully saturated rings. The molecule has 2 aromatic carbocycles. The molecule has 2 aromatic rings. The third-order valence-corrected chi connectivity index (χ3v) is 4.53. The van der Waals surface area contributed by atoms with E-state index in [4.69, 9.17) is 21.1 Å². The summed E-state index contributed by atoms with van der Waals surface area (Å²) in [6.07, 6.45) is 0. The molecule has 0 amide bonds. The van der Waals surface area contributed by atoms with Crippen molar-refractivity contribution in [3.8, 4) is 5.75 Å². The first kappa shape index (κ1) is 18.1. The van der Waals surface area contributed by atoms with Gasteiger partial charge in [0, 0.05) is 22.6 Å². The predicted molar refractivity (Wildman–Crippen MR) is 91.6 cm³/mol. The Bertz CT molecular complexity index is 753. The normalized spacial score (nSPS) is 10.2. The third kappa shape index (κ3) is 4.87. The second-order valence-electron chi connectivity index (χ2n) is 4.63. The molecule has 0 spiro atoms. The number of non-ortho nitro benzene ring substituents is 1. The van der Waals surface area contributed by atoms with Gasteiger partial charge in [-0.25, -0.2) is 0 Å². The minimum Gasteiger partial charge on any atom is -0.496 e. The van der Waals surface area contributed by atoms with Gasteiger partial charge in [0.15, 0.2) is 0 Å². The molecule has 0 saturated carbocycles. The highest BCUT2D eigenvalue weighted by atomic mass is 35.5. The van der Waals surface area contributed by atoms with E-state index in [0.717, 1.165) is 4.90 Å². The van der Waals surface area contributed by atoms with Crippen molar-refractivity contribution in [1.29, 1.82) is 0 Å². The molecule has 0 aliphatic carbocycles. The van der Waals surface area contributed by atoms with Crippen molar-refractivity contribution >= 4 is 35.0 Å². The maximum Gasteiger partial charge on any atom is 0.316 e. The van der Waals surface area contributed by atoms with Crippen molar-refractivity contribution in [2.24, 2.45) is 0 Å². The molecule has 126 valence electrons. The van der Waals surface area contributed by atoms with Crippen molar-refractivity contribution < 1.29 is 19.2 Å². The fourth-order valence-corrected chi connectivity index (χ4v) is 2.93. The molecule has 0 unspecified atom stereocenters. The molecule has 0 atom stereocenters. The van der Waals surface area contributed by atoms with E-state index in [9.17, 15) is 14.9 Å². The van der Waals surface area contributed by atoms with Crippen molar-refractivity contribution in [3.05, 3.63) is 63.2 Å². The van der Waals surface area contributed by atoms with Crippen LogP contribution in [0, 0.1) is 10.1 Å². The summed E-state index contributed by atoms with van der Waals surface area (Å²) in [5.41, 5.74) is 0.343. The maximum absolute atomic E-state index is 11.9. The number of halogens is 1. The highest BCUT2D eigenvalue weighted by molar-refractivity contribution is 8.00. The Balaban J connectivity index is 1.95. The number of hydrogen-bond acceptors (Lipinski definition) is 6. The Morgan fingerprint density at radius 1 is 1.29 bits per heavy atom. The minimum atomic E-state index is -0.516. The minimum absolute atomic E-state index is 0.0843. The van der Waals surface area contributed by atoms with E-state index in [-0.39, 0.29) is 18.0 Å². The molecule has 0 saturated heterocycles. The molecule has 0 bridgehead atoms. The molecule has 8 heteroatoms. The average Bonchev–Trinajstić information content (AvgIpc) is 2.58. The Morgan fingerprint density at radius 3 is 2.71 bits per heavy atom. The molecule has 0 aromatic heterocycles. The Kier molecular flexibility index (Phi) is 6.45. The van der Waals surface area contributed by atoms with E-state index in [1.165, 1.54) is 37.1 Å². The number of methoxy groups -OCH3 is 1. The van der Waals surface area contributed by atoms with E-state index in [0.29, 0.717) is 16.3 Å². The summed E-state index contributed by atoms with van der Waals surface area (Å²) in [6, 6.07) is 11.3. The number of nitro groups is 1. The van der Waals surface area contributed by atoms with E-state index in [2.05, 4.69) is 0 Å². The topological polar surface area (TPSA) is 78.7 Å². The zero-order chi connectivity index (χ0) is 17.5. The fourth-order valence-electron chi connectivity index (χ4n) is 1.89. The largest absolute Gasteiger partial charge is 0.496 e. The highest BCUT2D eigenvalue weighted by Crippen LogP contribution is 2.27. The predicted octanol–water partition coefficient (Wildman–Crippen LogP) is 4.09. The van der Waals surface area contributed by atoms with Crippen molar-refractivity contribution in [1.82, 2.24) is 0 Å². The van der Waals surface area contributed by atoms with Crippen LogP contribution in [0.4, 0.5) is 5.69 Å². The first-order chi connectivity index (χ1) is 11.5. The van der Waals surface area contributed by atoms with Crippen LogP contribution >= 0.6 is 23.4 Å². The smallest absolute Gasteiger partial charge is 0.316 e. The van der Waals surface area contributed by atoms with Crippen LogP contribution in [0.15, 0.2) is 47.4 Å². The molecule has 0 radical (unpaired) electrons. The Morgan fingerprint density at radius 2 is 2.04 bits per heavy atom. The lowest BCUT2D eigenvalue weighted by Crippen LogP contribution is -2.08. The number of ether oxygens (including phenoxy) is 2. The number of carbonyl (C=O) groups is 1. The Labute approximate surface area is 147 Å². The van der Waals surface area contributed by atoms with Gasteiger partial charge in [-0.05, 0) is 18.2 Å². The number of nitro benzene ring substituents is 1. The van der Waals surface area contributed by atoms with Crippen LogP contribution in [0.5, 0.6) is 5.75 Å². The molecule has 6 nitrogen and oxygen atoms in total. The van der Waals surface area contributed by atoms with Gasteiger partial charge in [0.25, 0.3) is 5.69 Å². The molecule has 24 heavy (non-hydrogen) atoms. The summed E-state index contributed by atoms with van der Waals surface area (Å²) in [5, 5.41) is 11.4. The standard InChI is InChI=1S/C16H14ClNO5S/c1-22-14-7-6-12(18(20)21)8-11(14)9-23-16(19)10-24-15-5-3-2-4-13(15)17/h2-8H,9-10H2,1H3. The van der Waals surface area contributed by atoms with Gasteiger partial charge >= 0.3 is 5.97 Å². The summed E-state index contributed by atoms with van der Waals surface area (Å²) in [6.45, 7) is -0.104. The van der Waals surface area contributed by atoms with Crippen LogP contribution in [0.25, 0.3) is 0 Å². The van der Waals surface area contributed by atoms with Crippen LogP contribution in [0.1, 0.15) is 5.56 Å². The van der Waals surface area contributed by atoms with Gasteiger partial charge in [0.05, 0.1) is 22.8 Å². The van der Waals surface area contributed by atoms with Gasteiger partial charge in [0.1, 0.15) is 12.4 Å². The second-order valence-corrected chi connectivity index (χ2v) is 6.06. The summed E-state index contributed by atoms with van der Waals surface area (Å²) in [7, 11) is 1.44. The van der Waals surface area contributed by atoms with Crippen molar-refractivity contribution in [2.75, 3.05) is 12.9 Å². The molecule has 0 aliphatic heterocycles. The number of rotatable bonds is 7. The van der Waals surface area contributed by atoms with Gasteiger partial charge in [0.2, 0.25) is 0 Å². The second kappa shape index (κ2) is 8.56. The van der Waals surface area contributed by atoms with Gasteiger partial charge in [-0.3, -0.25) is 14.9 Å². The number of thioether (sulfide) groups is 1. The number of carbonyl (C=O) groups excluding carboxylic acids is 1. The first-order valence-corrected chi connectivity index (χ1v) is 8.22. The van der Waals surface area contributed by atoms with Gasteiger partial charge in [-0.15, -0.1) is 11.8 Å². The van der Waals surface area contributed by atoms with E-state index in [1.807, 2.05) is 12.1 Å². The van der Waals surface area contributed by atoms with E-state index >= 15 is 0 Å². The first-order valence-electron chi connectivity index (χ1n) is 6.85. The Hall–Kier alpha value is -2.25. The molecular weight excluding hydrogens is 354 g/mol. The molecule has 0 heterocycles. The van der Waals surface area contributed by atoms with Gasteiger partial charge < -0.3 is 9.47 Å². The third-order valence-electron chi connectivity index (χ3n) is 3.05. The lowest BCUT2D eigenvalue weighted by atomic mass is 10.2. The number of nitrogens with zero attached hydrogens (tertiary/aromatic N) is 1. The van der Waals surface area contributed by atoms with Gasteiger partial charge in [-0.2, -0.15) is 0 Å². The van der Waals surface area contributed by atoms with Crippen LogP contribution in [-0.2, 0) is 16.1 Å². The van der Waals surface area contributed by atoms with Gasteiger partial charge in [-0.1, -0.05) is 23.7 Å². The number of esters is 1. The fraction of sp³-hybridized carbons (Fsp3) is 0.188. The van der Waals surface area contributed by atoms with Crippen LogP contribution in [0.3, 0.4) is 0 Å².